The molecule has 0 aliphatic rings. The van der Waals surface area contributed by atoms with Crippen molar-refractivity contribution in [3.8, 4) is 5.75 Å². The molecule has 3 N–H and O–H groups in total. The molecule has 6 heteroatoms. The minimum Gasteiger partial charge on any atom is -0.486 e. The van der Waals surface area contributed by atoms with Gasteiger partial charge in [-0.15, -0.1) is 11.3 Å². The van der Waals surface area contributed by atoms with Crippen LogP contribution in [0.25, 0.3) is 0 Å². The molecule has 0 radical (unpaired) electrons. The Morgan fingerprint density at radius 2 is 2.05 bits per heavy atom. The van der Waals surface area contributed by atoms with Crippen LogP contribution in [-0.2, 0) is 13.0 Å². The Labute approximate surface area is 121 Å². The third kappa shape index (κ3) is 3.71. The summed E-state index contributed by atoms with van der Waals surface area (Å²) in [5.41, 5.74) is 7.48. The highest BCUT2D eigenvalue weighted by Gasteiger charge is 2.04. The summed E-state index contributed by atoms with van der Waals surface area (Å²) in [7, 11) is 0. The first-order valence-corrected chi connectivity index (χ1v) is 7.01. The van der Waals surface area contributed by atoms with Crippen LogP contribution in [0.5, 0.6) is 5.75 Å². The molecule has 2 aromatic rings. The first kappa shape index (κ1) is 14.3. The molecule has 0 bridgehead atoms. The van der Waals surface area contributed by atoms with E-state index in [4.69, 9.17) is 15.7 Å². The molecule has 0 aliphatic carbocycles. The Hall–Kier alpha value is -2.08. The second kappa shape index (κ2) is 6.38. The Morgan fingerprint density at radius 3 is 2.60 bits per heavy atom. The molecule has 20 heavy (non-hydrogen) atoms. The largest absolute Gasteiger partial charge is 0.486 e. The number of nitrogens with two attached hydrogens (primary N) is 1. The van der Waals surface area contributed by atoms with Crippen LogP contribution in [0.4, 0.5) is 0 Å². The smallest absolute Gasteiger partial charge is 0.143 e. The summed E-state index contributed by atoms with van der Waals surface area (Å²) in [6.07, 6.45) is 0.418. The van der Waals surface area contributed by atoms with E-state index in [9.17, 15) is 0 Å². The zero-order chi connectivity index (χ0) is 14.5. The van der Waals surface area contributed by atoms with Crippen molar-refractivity contribution in [2.75, 3.05) is 0 Å². The van der Waals surface area contributed by atoms with E-state index in [-0.39, 0.29) is 5.84 Å². The molecular formula is C14H17N3O2S. The lowest BCUT2D eigenvalue weighted by Crippen LogP contribution is -2.14. The molecule has 0 spiro atoms. The predicted molar refractivity (Wildman–Crippen MR) is 79.5 cm³/mol. The lowest BCUT2D eigenvalue weighted by Gasteiger charge is -2.05. The van der Waals surface area contributed by atoms with Crippen molar-refractivity contribution in [3.05, 3.63) is 45.4 Å². The fraction of sp³-hybridized carbons (Fsp3) is 0.286. The zero-order valence-electron chi connectivity index (χ0n) is 11.5. The molecule has 0 amide bonds. The number of thiazole rings is 1. The van der Waals surface area contributed by atoms with Crippen LogP contribution in [-0.4, -0.2) is 16.0 Å². The highest BCUT2D eigenvalue weighted by atomic mass is 32.1. The summed E-state index contributed by atoms with van der Waals surface area (Å²) >= 11 is 1.65. The third-order valence-corrected chi connectivity index (χ3v) is 3.92. The molecule has 0 atom stereocenters. The second-order valence-electron chi connectivity index (χ2n) is 4.45. The number of aryl methyl sites for hydroxylation is 2. The molecule has 106 valence electrons. The Morgan fingerprint density at radius 1 is 1.35 bits per heavy atom. The first-order valence-electron chi connectivity index (χ1n) is 6.19. The average Bonchev–Trinajstić information content (AvgIpc) is 2.77. The summed E-state index contributed by atoms with van der Waals surface area (Å²) < 4.78 is 5.68. The average molecular weight is 291 g/mol. The lowest BCUT2D eigenvalue weighted by molar-refractivity contribution is 0.305. The van der Waals surface area contributed by atoms with Crippen molar-refractivity contribution in [1.29, 1.82) is 0 Å². The van der Waals surface area contributed by atoms with E-state index in [1.165, 1.54) is 4.88 Å². The number of hydrogen-bond acceptors (Lipinski definition) is 5. The van der Waals surface area contributed by atoms with Crippen molar-refractivity contribution in [3.63, 3.8) is 0 Å². The molecule has 0 aliphatic heterocycles. The maximum atomic E-state index is 8.52. The number of ether oxygens (including phenoxy) is 1. The zero-order valence-corrected chi connectivity index (χ0v) is 12.3. The molecule has 5 nitrogen and oxygen atoms in total. The number of rotatable bonds is 5. The predicted octanol–water partition coefficient (Wildman–Crippen LogP) is 2.63. The monoisotopic (exact) mass is 291 g/mol. The minimum atomic E-state index is 0.187. The van der Waals surface area contributed by atoms with Gasteiger partial charge in [-0.1, -0.05) is 17.3 Å². The minimum absolute atomic E-state index is 0.187. The van der Waals surface area contributed by atoms with Gasteiger partial charge in [0.2, 0.25) is 0 Å². The van der Waals surface area contributed by atoms with Gasteiger partial charge in [-0.25, -0.2) is 4.98 Å². The molecule has 0 saturated heterocycles. The molecule has 1 aromatic heterocycles. The molecule has 0 unspecified atom stereocenters. The molecule has 2 rings (SSSR count). The molecule has 0 saturated carbocycles. The molecule has 1 heterocycles. The Kier molecular flexibility index (Phi) is 4.57. The first-order chi connectivity index (χ1) is 9.58. The van der Waals surface area contributed by atoms with Crippen molar-refractivity contribution < 1.29 is 9.94 Å². The van der Waals surface area contributed by atoms with Crippen LogP contribution in [0.2, 0.25) is 0 Å². The summed E-state index contributed by atoms with van der Waals surface area (Å²) in [6.45, 7) is 4.52. The SMILES string of the molecule is Cc1nc(COc2ccc(C/C(N)=N/O)cc2)sc1C. The Balaban J connectivity index is 1.93. The third-order valence-electron chi connectivity index (χ3n) is 2.87. The van der Waals surface area contributed by atoms with Crippen LogP contribution in [0, 0.1) is 13.8 Å². The summed E-state index contributed by atoms with van der Waals surface area (Å²) in [6, 6.07) is 7.53. The number of oxime groups is 1. The van der Waals surface area contributed by atoms with E-state index in [0.29, 0.717) is 13.0 Å². The van der Waals surface area contributed by atoms with Crippen LogP contribution in [0.3, 0.4) is 0 Å². The normalized spacial score (nSPS) is 11.6. The summed E-state index contributed by atoms with van der Waals surface area (Å²) in [5.74, 6) is 0.964. The molecule has 0 fully saturated rings. The standard InChI is InChI=1S/C14H17N3O2S/c1-9-10(2)20-14(16-9)8-19-12-5-3-11(4-6-12)7-13(15)17-18/h3-6,18H,7-8H2,1-2H3,(H2,15,17). The quantitative estimate of drug-likeness (QED) is 0.384. The summed E-state index contributed by atoms with van der Waals surface area (Å²) in [4.78, 5) is 5.65. The van der Waals surface area contributed by atoms with Gasteiger partial charge in [-0.2, -0.15) is 0 Å². The highest BCUT2D eigenvalue weighted by Crippen LogP contribution is 2.19. The van der Waals surface area contributed by atoms with Gasteiger partial charge >= 0.3 is 0 Å². The number of nitrogens with zero attached hydrogens (tertiary/aromatic N) is 2. The fourth-order valence-corrected chi connectivity index (χ4v) is 2.54. The van der Waals surface area contributed by atoms with Gasteiger partial charge in [0, 0.05) is 11.3 Å². The maximum Gasteiger partial charge on any atom is 0.143 e. The number of benzene rings is 1. The van der Waals surface area contributed by atoms with Crippen molar-refractivity contribution in [2.45, 2.75) is 26.9 Å². The van der Waals surface area contributed by atoms with Crippen molar-refractivity contribution in [1.82, 2.24) is 4.98 Å². The topological polar surface area (TPSA) is 80.7 Å². The number of amidine groups is 1. The second-order valence-corrected chi connectivity index (χ2v) is 5.74. The van der Waals surface area contributed by atoms with E-state index < -0.39 is 0 Å². The summed E-state index contributed by atoms with van der Waals surface area (Å²) in [5, 5.41) is 12.4. The lowest BCUT2D eigenvalue weighted by atomic mass is 10.1. The van der Waals surface area contributed by atoms with E-state index in [1.54, 1.807) is 11.3 Å². The molecular weight excluding hydrogens is 274 g/mol. The van der Waals surface area contributed by atoms with Gasteiger partial charge < -0.3 is 15.7 Å². The van der Waals surface area contributed by atoms with Crippen molar-refractivity contribution in [2.24, 2.45) is 10.9 Å². The van der Waals surface area contributed by atoms with Gasteiger partial charge in [-0.3, -0.25) is 0 Å². The highest BCUT2D eigenvalue weighted by molar-refractivity contribution is 7.11. The van der Waals surface area contributed by atoms with Gasteiger partial charge in [-0.05, 0) is 31.5 Å². The maximum absolute atomic E-state index is 8.52. The molecule has 1 aromatic carbocycles. The van der Waals surface area contributed by atoms with Crippen LogP contribution in [0.1, 0.15) is 21.1 Å². The van der Waals surface area contributed by atoms with Gasteiger partial charge in [0.25, 0.3) is 0 Å². The number of hydrogen-bond donors (Lipinski definition) is 2. The fourth-order valence-electron chi connectivity index (χ4n) is 1.69. The van der Waals surface area contributed by atoms with E-state index in [1.807, 2.05) is 31.2 Å². The van der Waals surface area contributed by atoms with Crippen LogP contribution >= 0.6 is 11.3 Å². The Bertz CT molecular complexity index is 586. The van der Waals surface area contributed by atoms with Crippen LogP contribution < -0.4 is 10.5 Å². The van der Waals surface area contributed by atoms with E-state index in [2.05, 4.69) is 17.1 Å². The van der Waals surface area contributed by atoms with Gasteiger partial charge in [0.15, 0.2) is 0 Å². The van der Waals surface area contributed by atoms with Crippen molar-refractivity contribution >= 4 is 17.2 Å². The van der Waals surface area contributed by atoms with E-state index in [0.717, 1.165) is 22.0 Å². The number of aromatic nitrogens is 1. The van der Waals surface area contributed by atoms with Gasteiger partial charge in [0.1, 0.15) is 23.2 Å². The van der Waals surface area contributed by atoms with E-state index >= 15 is 0 Å². The van der Waals surface area contributed by atoms with Crippen LogP contribution in [0.15, 0.2) is 29.4 Å². The van der Waals surface area contributed by atoms with Gasteiger partial charge in [0.05, 0.1) is 5.69 Å².